The Bertz CT molecular complexity index is 1140. The van der Waals surface area contributed by atoms with Crippen molar-refractivity contribution < 1.29 is 33.8 Å². The fourth-order valence-corrected chi connectivity index (χ4v) is 5.19. The molecule has 1 unspecified atom stereocenters. The van der Waals surface area contributed by atoms with Crippen LogP contribution in [-0.2, 0) is 35.1 Å². The predicted molar refractivity (Wildman–Crippen MR) is 173 cm³/mol. The van der Waals surface area contributed by atoms with Crippen LogP contribution in [0.15, 0.2) is 49.6 Å². The highest BCUT2D eigenvalue weighted by Gasteiger charge is 2.36. The molecule has 0 spiro atoms. The van der Waals surface area contributed by atoms with E-state index < -0.39 is 41.8 Å². The molecule has 0 aliphatic carbocycles. The number of nitrogens with zero attached hydrogens (tertiary/aromatic N) is 1. The second-order valence-electron chi connectivity index (χ2n) is 11.9. The van der Waals surface area contributed by atoms with Gasteiger partial charge in [-0.1, -0.05) is 45.1 Å². The summed E-state index contributed by atoms with van der Waals surface area (Å²) in [6, 6.07) is 3.79. The Morgan fingerprint density at radius 2 is 1.82 bits per heavy atom. The van der Waals surface area contributed by atoms with Gasteiger partial charge in [0.1, 0.15) is 23.9 Å². The normalized spacial score (nSPS) is 17.4. The fraction of sp³-hybridized carbons (Fsp3) is 0.588. The molecule has 250 valence electrons. The van der Waals surface area contributed by atoms with Crippen LogP contribution in [0.2, 0.25) is 0 Å². The Morgan fingerprint density at radius 3 is 2.47 bits per heavy atom. The molecule has 1 aliphatic heterocycles. The van der Waals surface area contributed by atoms with Crippen LogP contribution in [0.25, 0.3) is 0 Å². The van der Waals surface area contributed by atoms with Crippen LogP contribution >= 0.6 is 0 Å². The van der Waals surface area contributed by atoms with E-state index >= 15 is 0 Å². The van der Waals surface area contributed by atoms with Gasteiger partial charge >= 0.3 is 5.97 Å². The van der Waals surface area contributed by atoms with Gasteiger partial charge in [0.15, 0.2) is 0 Å². The maximum atomic E-state index is 13.9. The van der Waals surface area contributed by atoms with E-state index in [2.05, 4.69) is 29.2 Å². The van der Waals surface area contributed by atoms with E-state index in [1.54, 1.807) is 32.2 Å². The highest BCUT2D eigenvalue weighted by atomic mass is 16.5. The van der Waals surface area contributed by atoms with Crippen molar-refractivity contribution in [2.45, 2.75) is 96.4 Å². The molecule has 1 saturated heterocycles. The second kappa shape index (κ2) is 19.6. The van der Waals surface area contributed by atoms with Crippen LogP contribution in [0.3, 0.4) is 0 Å². The monoisotopic (exact) mass is 628 g/mol. The number of carbonyl (C=O) groups excluding carboxylic acids is 4. The molecule has 3 amide bonds. The standard InChI is InChI=1S/C34H52N4O7/c1-7-9-11-12-20-45-34(43)27-17-14-19-38(37-27)33(42)28(22-25-15-13-16-26(39)21-25)35-32(41)30(23(3)4)36-31(40)24(5)29(44-6)18-10-8-2/h7-8,13,15-16,21,23-24,27-30,37,39H,1-2,9-12,14,17-20,22H2,3-6H3,(H,35,41)(H,36,40)/t24-,27?,28+,29-,30+/m1/s1. The van der Waals surface area contributed by atoms with Gasteiger partial charge in [0.2, 0.25) is 11.8 Å². The minimum atomic E-state index is -1.05. The number of hydrazine groups is 1. The van der Waals surface area contributed by atoms with Crippen molar-refractivity contribution in [3.63, 3.8) is 0 Å². The Hall–Kier alpha value is -3.70. The van der Waals surface area contributed by atoms with Gasteiger partial charge in [-0.05, 0) is 68.6 Å². The number of unbranched alkanes of at least 4 members (excludes halogenated alkanes) is 2. The first kappa shape index (κ1) is 37.5. The number of amides is 3. The summed E-state index contributed by atoms with van der Waals surface area (Å²) < 4.78 is 10.9. The first-order valence-corrected chi connectivity index (χ1v) is 15.9. The van der Waals surface area contributed by atoms with Crippen molar-refractivity contribution in [2.75, 3.05) is 20.3 Å². The molecule has 0 aromatic heterocycles. The lowest BCUT2D eigenvalue weighted by Crippen LogP contribution is -2.62. The summed E-state index contributed by atoms with van der Waals surface area (Å²) in [5.74, 6) is -2.51. The van der Waals surface area contributed by atoms with Crippen molar-refractivity contribution >= 4 is 23.7 Å². The molecule has 0 bridgehead atoms. The summed E-state index contributed by atoms with van der Waals surface area (Å²) in [6.45, 7) is 13.4. The van der Waals surface area contributed by atoms with Crippen molar-refractivity contribution in [3.05, 3.63) is 55.1 Å². The maximum Gasteiger partial charge on any atom is 0.324 e. The smallest absolute Gasteiger partial charge is 0.324 e. The number of carbonyl (C=O) groups is 4. The quantitative estimate of drug-likeness (QED) is 0.103. The van der Waals surface area contributed by atoms with E-state index in [1.165, 1.54) is 17.1 Å². The molecular weight excluding hydrogens is 576 g/mol. The molecular formula is C34H52N4O7. The van der Waals surface area contributed by atoms with E-state index in [0.29, 0.717) is 37.8 Å². The summed E-state index contributed by atoms with van der Waals surface area (Å²) in [7, 11) is 1.55. The summed E-state index contributed by atoms with van der Waals surface area (Å²) >= 11 is 0. The van der Waals surface area contributed by atoms with Crippen LogP contribution in [0, 0.1) is 11.8 Å². The zero-order valence-electron chi connectivity index (χ0n) is 27.3. The average molecular weight is 629 g/mol. The second-order valence-corrected chi connectivity index (χ2v) is 11.9. The number of phenolic OH excluding ortho intramolecular Hbond substituents is 1. The van der Waals surface area contributed by atoms with E-state index in [-0.39, 0.29) is 36.7 Å². The number of esters is 1. The molecule has 1 aromatic rings. The molecule has 0 radical (unpaired) electrons. The molecule has 1 aliphatic rings. The van der Waals surface area contributed by atoms with Crippen LogP contribution in [-0.4, -0.2) is 78.3 Å². The van der Waals surface area contributed by atoms with Gasteiger partial charge in [-0.25, -0.2) is 5.43 Å². The van der Waals surface area contributed by atoms with E-state index in [4.69, 9.17) is 9.47 Å². The third kappa shape index (κ3) is 12.3. The first-order valence-electron chi connectivity index (χ1n) is 15.9. The van der Waals surface area contributed by atoms with Gasteiger partial charge in [0.05, 0.1) is 18.6 Å². The van der Waals surface area contributed by atoms with E-state index in [0.717, 1.165) is 19.3 Å². The zero-order valence-corrected chi connectivity index (χ0v) is 27.3. The lowest BCUT2D eigenvalue weighted by Gasteiger charge is -2.35. The molecule has 4 N–H and O–H groups in total. The van der Waals surface area contributed by atoms with Crippen LogP contribution in [0.1, 0.15) is 71.3 Å². The average Bonchev–Trinajstić information content (AvgIpc) is 3.02. The molecule has 1 heterocycles. The van der Waals surface area contributed by atoms with Crippen LogP contribution in [0.5, 0.6) is 5.75 Å². The largest absolute Gasteiger partial charge is 0.508 e. The third-order valence-electron chi connectivity index (χ3n) is 7.92. The van der Waals surface area contributed by atoms with Gasteiger partial charge in [0, 0.05) is 20.1 Å². The van der Waals surface area contributed by atoms with Gasteiger partial charge in [0.25, 0.3) is 5.91 Å². The number of hydrogen-bond donors (Lipinski definition) is 4. The lowest BCUT2D eigenvalue weighted by molar-refractivity contribution is -0.153. The Kier molecular flexibility index (Phi) is 16.4. The molecule has 0 saturated carbocycles. The van der Waals surface area contributed by atoms with Crippen LogP contribution < -0.4 is 16.1 Å². The minimum Gasteiger partial charge on any atom is -0.508 e. The summed E-state index contributed by atoms with van der Waals surface area (Å²) in [5.41, 5.74) is 3.62. The third-order valence-corrected chi connectivity index (χ3v) is 7.92. The number of methoxy groups -OCH3 is 1. The van der Waals surface area contributed by atoms with Crippen molar-refractivity contribution in [3.8, 4) is 5.75 Å². The number of nitrogens with one attached hydrogen (secondary N) is 3. The summed E-state index contributed by atoms with van der Waals surface area (Å²) in [4.78, 5) is 53.5. The van der Waals surface area contributed by atoms with Crippen molar-refractivity contribution in [2.24, 2.45) is 11.8 Å². The van der Waals surface area contributed by atoms with Gasteiger partial charge in [-0.2, -0.15) is 0 Å². The van der Waals surface area contributed by atoms with Gasteiger partial charge in [-0.3, -0.25) is 24.2 Å². The molecule has 2 rings (SSSR count). The minimum absolute atomic E-state index is 0.0301. The van der Waals surface area contributed by atoms with Gasteiger partial charge in [-0.15, -0.1) is 13.2 Å². The fourth-order valence-electron chi connectivity index (χ4n) is 5.19. The Labute approximate surface area is 267 Å². The molecule has 1 fully saturated rings. The number of aromatic hydroxyl groups is 1. The number of phenols is 1. The highest BCUT2D eigenvalue weighted by molar-refractivity contribution is 5.93. The van der Waals surface area contributed by atoms with E-state index in [1.807, 2.05) is 19.9 Å². The Balaban J connectivity index is 2.19. The topological polar surface area (TPSA) is 146 Å². The number of allylic oxidation sites excluding steroid dienone is 2. The number of hydrogen-bond acceptors (Lipinski definition) is 8. The number of benzene rings is 1. The summed E-state index contributed by atoms with van der Waals surface area (Å²) in [6.07, 6.45) is 8.12. The molecule has 1 aromatic carbocycles. The SMILES string of the molecule is C=CCCCCOC(=O)C1CCCN(C(=O)[C@H](Cc2cccc(O)c2)NC(=O)[C@@H](NC(=O)[C@H](C)[C@@H](CCC=C)OC)C(C)C)N1. The number of rotatable bonds is 19. The molecule has 45 heavy (non-hydrogen) atoms. The van der Waals surface area contributed by atoms with Crippen molar-refractivity contribution in [1.29, 1.82) is 0 Å². The first-order chi connectivity index (χ1) is 21.5. The van der Waals surface area contributed by atoms with Crippen molar-refractivity contribution in [1.82, 2.24) is 21.1 Å². The van der Waals surface area contributed by atoms with Gasteiger partial charge < -0.3 is 25.2 Å². The van der Waals surface area contributed by atoms with Crippen LogP contribution in [0.4, 0.5) is 0 Å². The van der Waals surface area contributed by atoms with E-state index in [9.17, 15) is 24.3 Å². The Morgan fingerprint density at radius 1 is 1.09 bits per heavy atom. The molecule has 11 heteroatoms. The summed E-state index contributed by atoms with van der Waals surface area (Å²) in [5, 5.41) is 17.1. The zero-order chi connectivity index (χ0) is 33.4. The highest BCUT2D eigenvalue weighted by Crippen LogP contribution is 2.18. The number of ether oxygens (including phenoxy) is 2. The molecule has 11 nitrogen and oxygen atoms in total. The lowest BCUT2D eigenvalue weighted by atomic mass is 9.96. The molecule has 5 atom stereocenters. The predicted octanol–water partition coefficient (Wildman–Crippen LogP) is 3.57. The maximum absolute atomic E-state index is 13.9.